The standard InChI is InChI=1S/C15H17BrN4O/c1-20-8-7-17-10-13(20)15-18-14(21-19-15)6-5-11-3-2-4-12(16)9-11/h2-6,9,13,17H,7-8,10H2,1H3/b6-5+. The first-order valence-corrected chi connectivity index (χ1v) is 7.70. The molecule has 1 atom stereocenters. The maximum Gasteiger partial charge on any atom is 0.250 e. The van der Waals surface area contributed by atoms with Gasteiger partial charge in [0.2, 0.25) is 0 Å². The molecule has 0 saturated carbocycles. The molecule has 1 N–H and O–H groups in total. The van der Waals surface area contributed by atoms with E-state index < -0.39 is 0 Å². The third kappa shape index (κ3) is 3.58. The lowest BCUT2D eigenvalue weighted by molar-refractivity contribution is 0.190. The molecule has 0 amide bonds. The van der Waals surface area contributed by atoms with E-state index in [9.17, 15) is 0 Å². The third-order valence-corrected chi connectivity index (χ3v) is 4.03. The summed E-state index contributed by atoms with van der Waals surface area (Å²) in [5.74, 6) is 1.27. The van der Waals surface area contributed by atoms with Crippen LogP contribution in [0.2, 0.25) is 0 Å². The molecule has 0 spiro atoms. The molecule has 1 fully saturated rings. The molecule has 3 rings (SSSR count). The van der Waals surface area contributed by atoms with E-state index in [2.05, 4.69) is 43.3 Å². The zero-order valence-electron chi connectivity index (χ0n) is 11.8. The van der Waals surface area contributed by atoms with Gasteiger partial charge in [0.1, 0.15) is 0 Å². The summed E-state index contributed by atoms with van der Waals surface area (Å²) in [5, 5.41) is 7.44. The molecule has 2 aromatic rings. The highest BCUT2D eigenvalue weighted by Crippen LogP contribution is 2.18. The lowest BCUT2D eigenvalue weighted by Gasteiger charge is -2.30. The van der Waals surface area contributed by atoms with Gasteiger partial charge in [0.05, 0.1) is 6.04 Å². The number of likely N-dealkylation sites (N-methyl/N-ethyl adjacent to an activating group) is 1. The van der Waals surface area contributed by atoms with Crippen molar-refractivity contribution < 1.29 is 4.52 Å². The van der Waals surface area contributed by atoms with Crippen LogP contribution in [0.15, 0.2) is 33.3 Å². The van der Waals surface area contributed by atoms with Gasteiger partial charge in [-0.05, 0) is 30.8 Å². The van der Waals surface area contributed by atoms with E-state index in [1.165, 1.54) is 0 Å². The number of rotatable bonds is 3. The minimum Gasteiger partial charge on any atom is -0.335 e. The van der Waals surface area contributed by atoms with E-state index >= 15 is 0 Å². The number of hydrogen-bond donors (Lipinski definition) is 1. The molecule has 1 saturated heterocycles. The normalized spacial score (nSPS) is 20.2. The van der Waals surface area contributed by atoms with Gasteiger partial charge in [-0.3, -0.25) is 4.90 Å². The quantitative estimate of drug-likeness (QED) is 0.923. The maximum absolute atomic E-state index is 5.30. The number of nitrogens with one attached hydrogen (secondary N) is 1. The minimum absolute atomic E-state index is 0.176. The molecule has 0 radical (unpaired) electrons. The number of nitrogens with zero attached hydrogens (tertiary/aromatic N) is 3. The van der Waals surface area contributed by atoms with Crippen molar-refractivity contribution in [2.24, 2.45) is 0 Å². The Hall–Kier alpha value is -1.50. The Kier molecular flexibility index (Phi) is 4.48. The SMILES string of the molecule is CN1CCNCC1c1noc(/C=C/c2cccc(Br)c2)n1. The Morgan fingerprint density at radius 3 is 3.14 bits per heavy atom. The molecule has 1 unspecified atom stereocenters. The topological polar surface area (TPSA) is 54.2 Å². The molecule has 2 heterocycles. The van der Waals surface area contributed by atoms with Crippen molar-refractivity contribution in [2.45, 2.75) is 6.04 Å². The van der Waals surface area contributed by atoms with E-state index in [-0.39, 0.29) is 6.04 Å². The van der Waals surface area contributed by atoms with Gasteiger partial charge in [-0.2, -0.15) is 4.98 Å². The van der Waals surface area contributed by atoms with Crippen molar-refractivity contribution in [2.75, 3.05) is 26.7 Å². The van der Waals surface area contributed by atoms with Crippen molar-refractivity contribution in [3.8, 4) is 0 Å². The molecule has 110 valence electrons. The van der Waals surface area contributed by atoms with E-state index in [1.54, 1.807) is 0 Å². The van der Waals surface area contributed by atoms with Crippen LogP contribution in [-0.2, 0) is 0 Å². The number of halogens is 1. The molecule has 1 aliphatic rings. The molecule has 5 nitrogen and oxygen atoms in total. The lowest BCUT2D eigenvalue weighted by atomic mass is 10.2. The molecule has 1 aliphatic heterocycles. The first kappa shape index (κ1) is 14.4. The minimum atomic E-state index is 0.176. The van der Waals surface area contributed by atoms with Crippen molar-refractivity contribution >= 4 is 28.1 Å². The summed E-state index contributed by atoms with van der Waals surface area (Å²) in [5.41, 5.74) is 1.08. The van der Waals surface area contributed by atoms with E-state index in [1.807, 2.05) is 36.4 Å². The van der Waals surface area contributed by atoms with E-state index in [0.29, 0.717) is 5.89 Å². The largest absolute Gasteiger partial charge is 0.335 e. The zero-order chi connectivity index (χ0) is 14.7. The van der Waals surface area contributed by atoms with Gasteiger partial charge in [-0.25, -0.2) is 0 Å². The summed E-state index contributed by atoms with van der Waals surface area (Å²) in [6.07, 6.45) is 3.80. The highest BCUT2D eigenvalue weighted by Gasteiger charge is 2.24. The van der Waals surface area contributed by atoms with Crippen LogP contribution in [0.25, 0.3) is 12.2 Å². The van der Waals surface area contributed by atoms with Crippen LogP contribution >= 0.6 is 15.9 Å². The molecule has 21 heavy (non-hydrogen) atoms. The summed E-state index contributed by atoms with van der Waals surface area (Å²) in [4.78, 5) is 6.70. The Morgan fingerprint density at radius 1 is 1.43 bits per heavy atom. The molecule has 6 heteroatoms. The van der Waals surface area contributed by atoms with Gasteiger partial charge in [0.15, 0.2) is 5.82 Å². The Labute approximate surface area is 132 Å². The zero-order valence-corrected chi connectivity index (χ0v) is 13.4. The summed E-state index contributed by atoms with van der Waals surface area (Å²) in [7, 11) is 2.08. The van der Waals surface area contributed by atoms with Crippen LogP contribution in [0.3, 0.4) is 0 Å². The van der Waals surface area contributed by atoms with Gasteiger partial charge in [-0.1, -0.05) is 33.2 Å². The van der Waals surface area contributed by atoms with Crippen LogP contribution in [0.1, 0.15) is 23.3 Å². The summed E-state index contributed by atoms with van der Waals surface area (Å²) in [6, 6.07) is 8.22. The summed E-state index contributed by atoms with van der Waals surface area (Å²) in [6.45, 7) is 2.84. The monoisotopic (exact) mass is 348 g/mol. The highest BCUT2D eigenvalue weighted by atomic mass is 79.9. The second kappa shape index (κ2) is 6.51. The first-order chi connectivity index (χ1) is 10.2. The fourth-order valence-corrected chi connectivity index (χ4v) is 2.74. The average Bonchev–Trinajstić information content (AvgIpc) is 2.94. The summed E-state index contributed by atoms with van der Waals surface area (Å²) >= 11 is 3.45. The van der Waals surface area contributed by atoms with Gasteiger partial charge >= 0.3 is 0 Å². The van der Waals surface area contributed by atoms with Gasteiger partial charge in [0, 0.05) is 30.2 Å². The fraction of sp³-hybridized carbons (Fsp3) is 0.333. The predicted octanol–water partition coefficient (Wildman–Crippen LogP) is 2.58. The van der Waals surface area contributed by atoms with Gasteiger partial charge in [0.25, 0.3) is 5.89 Å². The number of aromatic nitrogens is 2. The smallest absolute Gasteiger partial charge is 0.250 e. The maximum atomic E-state index is 5.30. The third-order valence-electron chi connectivity index (χ3n) is 3.53. The Balaban J connectivity index is 1.73. The van der Waals surface area contributed by atoms with Gasteiger partial charge in [-0.15, -0.1) is 0 Å². The van der Waals surface area contributed by atoms with Crippen LogP contribution in [0.5, 0.6) is 0 Å². The van der Waals surface area contributed by atoms with Crippen LogP contribution < -0.4 is 5.32 Å². The Bertz CT molecular complexity index is 640. The van der Waals surface area contributed by atoms with Crippen molar-refractivity contribution in [3.63, 3.8) is 0 Å². The van der Waals surface area contributed by atoms with E-state index in [4.69, 9.17) is 4.52 Å². The second-order valence-electron chi connectivity index (χ2n) is 5.08. The molecular formula is C15H17BrN4O. The van der Waals surface area contributed by atoms with Crippen LogP contribution in [0, 0.1) is 0 Å². The van der Waals surface area contributed by atoms with Crippen molar-refractivity contribution in [1.82, 2.24) is 20.4 Å². The molecule has 1 aromatic heterocycles. The van der Waals surface area contributed by atoms with Crippen molar-refractivity contribution in [3.05, 3.63) is 46.0 Å². The molecular weight excluding hydrogens is 332 g/mol. The molecule has 1 aromatic carbocycles. The number of hydrogen-bond acceptors (Lipinski definition) is 5. The Morgan fingerprint density at radius 2 is 2.33 bits per heavy atom. The second-order valence-corrected chi connectivity index (χ2v) is 6.00. The van der Waals surface area contributed by atoms with Crippen LogP contribution in [0.4, 0.5) is 0 Å². The fourth-order valence-electron chi connectivity index (χ4n) is 2.32. The lowest BCUT2D eigenvalue weighted by Crippen LogP contribution is -2.44. The predicted molar refractivity (Wildman–Crippen MR) is 85.6 cm³/mol. The van der Waals surface area contributed by atoms with Crippen LogP contribution in [-0.4, -0.2) is 41.7 Å². The van der Waals surface area contributed by atoms with Crippen molar-refractivity contribution in [1.29, 1.82) is 0 Å². The number of piperazine rings is 1. The van der Waals surface area contributed by atoms with E-state index in [0.717, 1.165) is 35.5 Å². The molecule has 0 bridgehead atoms. The molecule has 0 aliphatic carbocycles. The summed E-state index contributed by atoms with van der Waals surface area (Å²) < 4.78 is 6.35. The average molecular weight is 349 g/mol. The first-order valence-electron chi connectivity index (χ1n) is 6.90. The van der Waals surface area contributed by atoms with Gasteiger partial charge < -0.3 is 9.84 Å². The highest BCUT2D eigenvalue weighted by molar-refractivity contribution is 9.10. The number of benzene rings is 1.